The number of ether oxygens (including phenoxy) is 1. The Kier molecular flexibility index (Phi) is 10.2. The van der Waals surface area contributed by atoms with E-state index in [0.717, 1.165) is 75.0 Å². The fraction of sp³-hybridized carbons (Fsp3) is 0.529. The van der Waals surface area contributed by atoms with Crippen LogP contribution < -0.4 is 15.4 Å². The molecule has 1 atom stereocenters. The first-order valence-electron chi connectivity index (χ1n) is 15.8. The highest BCUT2D eigenvalue weighted by atomic mass is 16.5. The Hall–Kier alpha value is -3.92. The summed E-state index contributed by atoms with van der Waals surface area (Å²) in [7, 11) is 1.61. The van der Waals surface area contributed by atoms with Gasteiger partial charge in [-0.2, -0.15) is 0 Å². The SMILES string of the molecule is COc1ccc(CN2C(=O)NC3(CCN(CC[C@H](NC(=O)CC4CC4)c4ccccc4)CC3)C2=O)cc1.O=C(O)C1CCC1. The Balaban J connectivity index is 0.000000484. The van der Waals surface area contributed by atoms with Crippen LogP contribution in [-0.2, 0) is 20.9 Å². The number of imide groups is 1. The van der Waals surface area contributed by atoms with Crippen LogP contribution in [0, 0.1) is 11.8 Å². The summed E-state index contributed by atoms with van der Waals surface area (Å²) in [5.41, 5.74) is 1.18. The molecular formula is C34H44N4O6. The Morgan fingerprint density at radius 1 is 1.02 bits per heavy atom. The van der Waals surface area contributed by atoms with Gasteiger partial charge in [0.1, 0.15) is 11.3 Å². The molecule has 4 amide bonds. The molecule has 1 spiro atoms. The molecule has 0 aromatic heterocycles. The van der Waals surface area contributed by atoms with Crippen molar-refractivity contribution in [1.29, 1.82) is 0 Å². The lowest BCUT2D eigenvalue weighted by molar-refractivity contribution is -0.144. The predicted molar refractivity (Wildman–Crippen MR) is 165 cm³/mol. The van der Waals surface area contributed by atoms with Crippen molar-refractivity contribution in [3.05, 3.63) is 65.7 Å². The minimum atomic E-state index is -0.822. The smallest absolute Gasteiger partial charge is 0.325 e. The van der Waals surface area contributed by atoms with E-state index in [4.69, 9.17) is 9.84 Å². The monoisotopic (exact) mass is 604 g/mol. The second-order valence-electron chi connectivity index (χ2n) is 12.5. The molecule has 10 heteroatoms. The highest BCUT2D eigenvalue weighted by Gasteiger charge is 2.52. The van der Waals surface area contributed by atoms with Gasteiger partial charge in [0.2, 0.25) is 5.91 Å². The van der Waals surface area contributed by atoms with Crippen LogP contribution in [0.4, 0.5) is 4.79 Å². The van der Waals surface area contributed by atoms with E-state index in [-0.39, 0.29) is 36.3 Å². The second kappa shape index (κ2) is 14.2. The molecular weight excluding hydrogens is 560 g/mol. The van der Waals surface area contributed by atoms with Crippen LogP contribution in [0.15, 0.2) is 54.6 Å². The summed E-state index contributed by atoms with van der Waals surface area (Å²) in [5.74, 6) is 0.666. The van der Waals surface area contributed by atoms with E-state index in [2.05, 4.69) is 27.7 Å². The van der Waals surface area contributed by atoms with Gasteiger partial charge >= 0.3 is 12.0 Å². The first-order chi connectivity index (χ1) is 21.3. The van der Waals surface area contributed by atoms with E-state index in [1.807, 2.05) is 42.5 Å². The van der Waals surface area contributed by atoms with E-state index in [1.165, 1.54) is 4.90 Å². The molecule has 2 aromatic carbocycles. The van der Waals surface area contributed by atoms with E-state index in [0.29, 0.717) is 25.2 Å². The quantitative estimate of drug-likeness (QED) is 0.322. The van der Waals surface area contributed by atoms with Gasteiger partial charge in [-0.1, -0.05) is 48.9 Å². The fourth-order valence-corrected chi connectivity index (χ4v) is 6.04. The Bertz CT molecular complexity index is 1300. The van der Waals surface area contributed by atoms with Crippen molar-refractivity contribution in [2.45, 2.75) is 75.9 Å². The van der Waals surface area contributed by atoms with Gasteiger partial charge in [-0.25, -0.2) is 4.79 Å². The summed E-state index contributed by atoms with van der Waals surface area (Å²) in [6.07, 6.45) is 7.81. The molecule has 2 saturated heterocycles. The number of carboxylic acid groups (broad SMARTS) is 1. The number of carboxylic acids is 1. The second-order valence-corrected chi connectivity index (χ2v) is 12.5. The maximum atomic E-state index is 13.3. The maximum Gasteiger partial charge on any atom is 0.325 e. The number of nitrogens with zero attached hydrogens (tertiary/aromatic N) is 2. The minimum Gasteiger partial charge on any atom is -0.497 e. The van der Waals surface area contributed by atoms with Crippen molar-refractivity contribution in [3.8, 4) is 5.75 Å². The van der Waals surface area contributed by atoms with Crippen molar-refractivity contribution in [2.24, 2.45) is 11.8 Å². The zero-order chi connectivity index (χ0) is 31.1. The lowest BCUT2D eigenvalue weighted by Gasteiger charge is -2.37. The fourth-order valence-electron chi connectivity index (χ4n) is 6.04. The molecule has 2 aromatic rings. The molecule has 2 saturated carbocycles. The molecule has 0 bridgehead atoms. The van der Waals surface area contributed by atoms with Crippen molar-refractivity contribution in [3.63, 3.8) is 0 Å². The minimum absolute atomic E-state index is 0.000000000000000444. The molecule has 10 nitrogen and oxygen atoms in total. The van der Waals surface area contributed by atoms with E-state index in [1.54, 1.807) is 7.11 Å². The number of piperidine rings is 1. The summed E-state index contributed by atoms with van der Waals surface area (Å²) >= 11 is 0. The summed E-state index contributed by atoms with van der Waals surface area (Å²) in [6, 6.07) is 17.2. The number of carbonyl (C=O) groups is 4. The number of benzene rings is 2. The Labute approximate surface area is 259 Å². The number of aliphatic carboxylic acids is 1. The van der Waals surface area contributed by atoms with Crippen molar-refractivity contribution >= 4 is 23.8 Å². The van der Waals surface area contributed by atoms with Crippen LogP contribution in [0.1, 0.15) is 75.0 Å². The third-order valence-corrected chi connectivity index (χ3v) is 9.35. The van der Waals surface area contributed by atoms with Gasteiger partial charge in [-0.3, -0.25) is 19.3 Å². The molecule has 6 rings (SSSR count). The van der Waals surface area contributed by atoms with Gasteiger partial charge in [-0.15, -0.1) is 0 Å². The Morgan fingerprint density at radius 2 is 1.70 bits per heavy atom. The van der Waals surface area contributed by atoms with Gasteiger partial charge < -0.3 is 25.4 Å². The van der Waals surface area contributed by atoms with Gasteiger partial charge in [-0.05, 0) is 74.1 Å². The summed E-state index contributed by atoms with van der Waals surface area (Å²) in [5, 5.41) is 14.5. The van der Waals surface area contributed by atoms with E-state index >= 15 is 0 Å². The molecule has 2 heterocycles. The molecule has 4 aliphatic rings. The number of methoxy groups -OCH3 is 1. The molecule has 236 valence electrons. The summed E-state index contributed by atoms with van der Waals surface area (Å²) in [6.45, 7) is 2.51. The van der Waals surface area contributed by atoms with Gasteiger partial charge in [0.25, 0.3) is 5.91 Å². The highest BCUT2D eigenvalue weighted by molar-refractivity contribution is 6.07. The molecule has 2 aliphatic carbocycles. The normalized spacial score (nSPS) is 20.2. The number of hydrogen-bond acceptors (Lipinski definition) is 6. The molecule has 0 unspecified atom stereocenters. The number of hydrogen-bond donors (Lipinski definition) is 3. The van der Waals surface area contributed by atoms with Crippen LogP contribution in [0.5, 0.6) is 5.75 Å². The summed E-state index contributed by atoms with van der Waals surface area (Å²) < 4.78 is 5.19. The zero-order valence-corrected chi connectivity index (χ0v) is 25.5. The highest BCUT2D eigenvalue weighted by Crippen LogP contribution is 2.33. The van der Waals surface area contributed by atoms with Crippen molar-refractivity contribution < 1.29 is 29.0 Å². The van der Waals surface area contributed by atoms with Crippen LogP contribution in [0.2, 0.25) is 0 Å². The van der Waals surface area contributed by atoms with E-state index in [9.17, 15) is 19.2 Å². The number of nitrogens with one attached hydrogen (secondary N) is 2. The zero-order valence-electron chi connectivity index (χ0n) is 25.5. The third kappa shape index (κ3) is 7.96. The first kappa shape index (κ1) is 31.5. The number of carbonyl (C=O) groups excluding carboxylic acids is 3. The standard InChI is InChI=1S/C29H36N4O4.C5H8O2/c1-37-24-11-9-22(10-12-24)20-33-27(35)29(31-28(33)36)14-17-32(18-15-29)16-13-25(23-5-3-2-4-6-23)30-26(34)19-21-7-8-21;6-5(7)4-2-1-3-4/h2-6,9-12,21,25H,7-8,13-20H2,1H3,(H,30,34)(H,31,36);4H,1-3H2,(H,6,7)/t25-;/m0./s1. The van der Waals surface area contributed by atoms with Crippen molar-refractivity contribution in [1.82, 2.24) is 20.4 Å². The third-order valence-electron chi connectivity index (χ3n) is 9.35. The van der Waals surface area contributed by atoms with Gasteiger partial charge in [0, 0.05) is 26.1 Å². The predicted octanol–water partition coefficient (Wildman–Crippen LogP) is 4.50. The average molecular weight is 605 g/mol. The van der Waals surface area contributed by atoms with Gasteiger partial charge in [0.15, 0.2) is 0 Å². The topological polar surface area (TPSA) is 128 Å². The lowest BCUT2D eigenvalue weighted by atomic mass is 9.86. The molecule has 4 fully saturated rings. The average Bonchev–Trinajstić information content (AvgIpc) is 3.78. The van der Waals surface area contributed by atoms with Crippen LogP contribution >= 0.6 is 0 Å². The Morgan fingerprint density at radius 3 is 2.25 bits per heavy atom. The largest absolute Gasteiger partial charge is 0.497 e. The summed E-state index contributed by atoms with van der Waals surface area (Å²) in [4.78, 5) is 52.3. The molecule has 2 aliphatic heterocycles. The number of rotatable bonds is 11. The van der Waals surface area contributed by atoms with Crippen LogP contribution in [0.3, 0.4) is 0 Å². The number of likely N-dealkylation sites (tertiary alicyclic amines) is 1. The first-order valence-corrected chi connectivity index (χ1v) is 15.8. The van der Waals surface area contributed by atoms with Crippen LogP contribution in [-0.4, -0.2) is 71.0 Å². The number of amides is 4. The van der Waals surface area contributed by atoms with Crippen LogP contribution in [0.25, 0.3) is 0 Å². The maximum absolute atomic E-state index is 13.3. The van der Waals surface area contributed by atoms with Gasteiger partial charge in [0.05, 0.1) is 25.6 Å². The van der Waals surface area contributed by atoms with Crippen molar-refractivity contribution in [2.75, 3.05) is 26.7 Å². The lowest BCUT2D eigenvalue weighted by Crippen LogP contribution is -2.55. The molecule has 0 radical (unpaired) electrons. The molecule has 44 heavy (non-hydrogen) atoms. The van der Waals surface area contributed by atoms with E-state index < -0.39 is 11.5 Å². The molecule has 3 N–H and O–H groups in total. The number of urea groups is 1.